The average Bonchev–Trinajstić information content (AvgIpc) is 3.33. The third-order valence-electron chi connectivity index (χ3n) is 5.01. The van der Waals surface area contributed by atoms with Crippen molar-refractivity contribution in [2.45, 2.75) is 24.9 Å². The molecule has 4 heterocycles. The van der Waals surface area contributed by atoms with Crippen LogP contribution >= 0.6 is 12.1 Å². The molecular formula is C16H22N6S. The molecule has 0 amide bonds. The van der Waals surface area contributed by atoms with Gasteiger partial charge in [0.1, 0.15) is 5.82 Å². The highest BCUT2D eigenvalue weighted by atomic mass is 32.2. The number of nitriles is 1. The Morgan fingerprint density at radius 2 is 1.83 bits per heavy atom. The first-order chi connectivity index (χ1) is 11.3. The van der Waals surface area contributed by atoms with Gasteiger partial charge in [-0.15, -0.1) is 0 Å². The molecule has 0 aliphatic carbocycles. The fourth-order valence-electron chi connectivity index (χ4n) is 3.71. The summed E-state index contributed by atoms with van der Waals surface area (Å²) >= 11 is 1.90. The molecule has 0 aromatic carbocycles. The van der Waals surface area contributed by atoms with E-state index < -0.39 is 0 Å². The van der Waals surface area contributed by atoms with Gasteiger partial charge in [-0.1, -0.05) is 6.07 Å². The van der Waals surface area contributed by atoms with Crippen LogP contribution in [-0.4, -0.2) is 69.8 Å². The second kappa shape index (κ2) is 6.56. The molecule has 23 heavy (non-hydrogen) atoms. The van der Waals surface area contributed by atoms with Gasteiger partial charge in [-0.05, 0) is 25.0 Å². The molecule has 3 aliphatic heterocycles. The molecule has 3 aliphatic rings. The maximum atomic E-state index is 9.02. The Morgan fingerprint density at radius 3 is 2.52 bits per heavy atom. The van der Waals surface area contributed by atoms with E-state index in [1.54, 1.807) is 0 Å². The monoisotopic (exact) mass is 330 g/mol. The summed E-state index contributed by atoms with van der Waals surface area (Å²) in [7, 11) is 0. The van der Waals surface area contributed by atoms with Gasteiger partial charge in [-0.25, -0.2) is 13.6 Å². The number of hydrogen-bond donors (Lipinski definition) is 0. The second-order valence-electron chi connectivity index (χ2n) is 6.43. The van der Waals surface area contributed by atoms with E-state index in [2.05, 4.69) is 36.8 Å². The summed E-state index contributed by atoms with van der Waals surface area (Å²) < 4.78 is 5.03. The molecule has 4 rings (SSSR count). The summed E-state index contributed by atoms with van der Waals surface area (Å²) in [6, 6.07) is 7.25. The molecule has 2 unspecified atom stereocenters. The average molecular weight is 330 g/mol. The summed E-state index contributed by atoms with van der Waals surface area (Å²) in [6.45, 7) is 6.18. The van der Waals surface area contributed by atoms with Crippen LogP contribution in [0.4, 0.5) is 5.82 Å². The highest BCUT2D eigenvalue weighted by Gasteiger charge is 2.37. The largest absolute Gasteiger partial charge is 0.355 e. The molecular weight excluding hydrogens is 308 g/mol. The van der Waals surface area contributed by atoms with Crippen molar-refractivity contribution in [1.29, 1.82) is 5.26 Å². The Hall–Kier alpha value is -1.49. The van der Waals surface area contributed by atoms with Gasteiger partial charge in [-0.2, -0.15) is 5.26 Å². The van der Waals surface area contributed by atoms with Crippen molar-refractivity contribution in [2.24, 2.45) is 0 Å². The van der Waals surface area contributed by atoms with Gasteiger partial charge in [0.25, 0.3) is 0 Å². The van der Waals surface area contributed by atoms with Gasteiger partial charge >= 0.3 is 0 Å². The van der Waals surface area contributed by atoms with Gasteiger partial charge < -0.3 is 9.80 Å². The Labute approximate surface area is 141 Å². The SMILES string of the molecule is N#CN1CCC(N2CCN(C3CCN(c4ccccn4)C3)S2)C1. The van der Waals surface area contributed by atoms with Crippen molar-refractivity contribution in [2.75, 3.05) is 44.2 Å². The van der Waals surface area contributed by atoms with Crippen LogP contribution in [0.3, 0.4) is 0 Å². The minimum Gasteiger partial charge on any atom is -0.355 e. The van der Waals surface area contributed by atoms with E-state index >= 15 is 0 Å². The maximum absolute atomic E-state index is 9.02. The zero-order valence-corrected chi connectivity index (χ0v) is 14.0. The number of anilines is 1. The molecule has 122 valence electrons. The summed E-state index contributed by atoms with van der Waals surface area (Å²) in [5.74, 6) is 1.09. The number of aromatic nitrogens is 1. The molecule has 6 nitrogen and oxygen atoms in total. The molecule has 0 spiro atoms. The first kappa shape index (κ1) is 15.1. The Morgan fingerprint density at radius 1 is 1.04 bits per heavy atom. The van der Waals surface area contributed by atoms with Crippen LogP contribution in [0, 0.1) is 11.5 Å². The van der Waals surface area contributed by atoms with Crippen LogP contribution in [0.2, 0.25) is 0 Å². The summed E-state index contributed by atoms with van der Waals surface area (Å²) in [5.41, 5.74) is 0. The minimum atomic E-state index is 0.526. The Balaban J connectivity index is 1.32. The fourth-order valence-corrected chi connectivity index (χ4v) is 4.91. The number of likely N-dealkylation sites (tertiary alicyclic amines) is 1. The van der Waals surface area contributed by atoms with E-state index in [0.717, 1.165) is 51.5 Å². The van der Waals surface area contributed by atoms with E-state index in [0.29, 0.717) is 12.1 Å². The predicted octanol–water partition coefficient (Wildman–Crippen LogP) is 1.40. The highest BCUT2D eigenvalue weighted by molar-refractivity contribution is 7.94. The number of rotatable bonds is 3. The molecule has 0 bridgehead atoms. The third-order valence-corrected chi connectivity index (χ3v) is 6.39. The summed E-state index contributed by atoms with van der Waals surface area (Å²) in [5, 5.41) is 9.02. The fraction of sp³-hybridized carbons (Fsp3) is 0.625. The van der Waals surface area contributed by atoms with Crippen molar-refractivity contribution in [3.8, 4) is 6.19 Å². The van der Waals surface area contributed by atoms with E-state index in [-0.39, 0.29) is 0 Å². The topological polar surface area (TPSA) is 49.6 Å². The number of pyridine rings is 1. The molecule has 1 aromatic heterocycles. The predicted molar refractivity (Wildman–Crippen MR) is 91.4 cm³/mol. The lowest BCUT2D eigenvalue weighted by molar-refractivity contribution is 0.354. The van der Waals surface area contributed by atoms with Crippen LogP contribution in [0.1, 0.15) is 12.8 Å². The normalized spacial score (nSPS) is 29.3. The molecule has 0 saturated carbocycles. The van der Waals surface area contributed by atoms with Crippen molar-refractivity contribution in [3.63, 3.8) is 0 Å². The lowest BCUT2D eigenvalue weighted by atomic mass is 10.2. The zero-order valence-electron chi connectivity index (χ0n) is 13.2. The van der Waals surface area contributed by atoms with Crippen molar-refractivity contribution < 1.29 is 0 Å². The molecule has 3 fully saturated rings. The van der Waals surface area contributed by atoms with E-state index in [4.69, 9.17) is 5.26 Å². The first-order valence-electron chi connectivity index (χ1n) is 8.35. The number of hydrogen-bond acceptors (Lipinski definition) is 7. The highest BCUT2D eigenvalue weighted by Crippen LogP contribution is 2.34. The third kappa shape index (κ3) is 3.11. The van der Waals surface area contributed by atoms with Gasteiger partial charge in [0.15, 0.2) is 6.19 Å². The lowest BCUT2D eigenvalue weighted by Gasteiger charge is -2.25. The Bertz CT molecular complexity index is 576. The van der Waals surface area contributed by atoms with Crippen LogP contribution in [0.5, 0.6) is 0 Å². The minimum absolute atomic E-state index is 0.526. The van der Waals surface area contributed by atoms with Gasteiger partial charge in [0.2, 0.25) is 0 Å². The maximum Gasteiger partial charge on any atom is 0.179 e. The van der Waals surface area contributed by atoms with Crippen LogP contribution in [0.25, 0.3) is 0 Å². The lowest BCUT2D eigenvalue weighted by Crippen LogP contribution is -2.32. The molecule has 0 N–H and O–H groups in total. The smallest absolute Gasteiger partial charge is 0.179 e. The van der Waals surface area contributed by atoms with Crippen LogP contribution in [0.15, 0.2) is 24.4 Å². The molecule has 2 atom stereocenters. The van der Waals surface area contributed by atoms with Crippen molar-refractivity contribution in [3.05, 3.63) is 24.4 Å². The zero-order chi connectivity index (χ0) is 15.6. The second-order valence-corrected chi connectivity index (χ2v) is 7.53. The molecule has 1 aromatic rings. The van der Waals surface area contributed by atoms with E-state index in [1.165, 1.54) is 6.42 Å². The van der Waals surface area contributed by atoms with Gasteiger partial charge in [0, 0.05) is 69.7 Å². The van der Waals surface area contributed by atoms with Crippen molar-refractivity contribution >= 4 is 18.0 Å². The molecule has 0 radical (unpaired) electrons. The first-order valence-corrected chi connectivity index (χ1v) is 9.08. The van der Waals surface area contributed by atoms with Crippen LogP contribution < -0.4 is 4.90 Å². The molecule has 3 saturated heterocycles. The number of nitrogens with zero attached hydrogens (tertiary/aromatic N) is 6. The quantitative estimate of drug-likeness (QED) is 0.613. The molecule has 7 heteroatoms. The van der Waals surface area contributed by atoms with Gasteiger partial charge in [-0.3, -0.25) is 0 Å². The summed E-state index contributed by atoms with van der Waals surface area (Å²) in [6.07, 6.45) is 6.46. The van der Waals surface area contributed by atoms with E-state index in [9.17, 15) is 0 Å². The van der Waals surface area contributed by atoms with E-state index in [1.807, 2.05) is 29.3 Å². The van der Waals surface area contributed by atoms with Crippen LogP contribution in [-0.2, 0) is 0 Å². The van der Waals surface area contributed by atoms with Crippen molar-refractivity contribution in [1.82, 2.24) is 18.5 Å². The standard InChI is InChI=1S/C16H22N6S/c17-13-19-7-4-14(11-19)21-9-10-22(23-21)15-5-8-20(12-15)16-3-1-2-6-18-16/h1-3,6,14-15H,4-5,7-12H2. The van der Waals surface area contributed by atoms with Gasteiger partial charge in [0.05, 0.1) is 0 Å². The Kier molecular flexibility index (Phi) is 4.29. The summed E-state index contributed by atoms with van der Waals surface area (Å²) in [4.78, 5) is 8.74.